The molecule has 1 aliphatic carbocycles. The fourth-order valence-corrected chi connectivity index (χ4v) is 3.07. The van der Waals surface area contributed by atoms with E-state index in [1.165, 1.54) is 12.8 Å². The molecule has 3 heteroatoms. The van der Waals surface area contributed by atoms with Gasteiger partial charge >= 0.3 is 0 Å². The molecular formula is C14H26N2O. The summed E-state index contributed by atoms with van der Waals surface area (Å²) in [6.45, 7) is 10.9. The van der Waals surface area contributed by atoms with Gasteiger partial charge < -0.3 is 4.90 Å². The van der Waals surface area contributed by atoms with Gasteiger partial charge in [0.1, 0.15) is 0 Å². The molecule has 2 atom stereocenters. The molecule has 0 aromatic heterocycles. The Hall–Kier alpha value is -0.570. The van der Waals surface area contributed by atoms with Crippen LogP contribution in [-0.2, 0) is 4.79 Å². The number of nitrogens with one attached hydrogen (secondary N) is 1. The average molecular weight is 238 g/mol. The van der Waals surface area contributed by atoms with Gasteiger partial charge in [-0.1, -0.05) is 20.8 Å². The highest BCUT2D eigenvalue weighted by molar-refractivity contribution is 5.85. The largest absolute Gasteiger partial charge is 0.320 e. The summed E-state index contributed by atoms with van der Waals surface area (Å²) in [5, 5.41) is 3.51. The van der Waals surface area contributed by atoms with Gasteiger partial charge in [0.05, 0.1) is 12.2 Å². The van der Waals surface area contributed by atoms with Crippen LogP contribution in [-0.4, -0.2) is 28.6 Å². The molecule has 0 aromatic carbocycles. The lowest BCUT2D eigenvalue weighted by molar-refractivity contribution is -0.137. The zero-order valence-corrected chi connectivity index (χ0v) is 11.8. The number of carbonyl (C=O) groups excluding carboxylic acids is 1. The minimum atomic E-state index is 0.0168. The lowest BCUT2D eigenvalue weighted by Crippen LogP contribution is -2.54. The summed E-state index contributed by atoms with van der Waals surface area (Å²) < 4.78 is 0. The molecule has 0 bridgehead atoms. The smallest absolute Gasteiger partial charge is 0.241 e. The van der Waals surface area contributed by atoms with Crippen LogP contribution in [0.1, 0.15) is 53.9 Å². The van der Waals surface area contributed by atoms with Crippen molar-refractivity contribution in [3.05, 3.63) is 0 Å². The van der Waals surface area contributed by atoms with E-state index in [-0.39, 0.29) is 17.7 Å². The maximum absolute atomic E-state index is 12.5. The molecule has 3 nitrogen and oxygen atoms in total. The quantitative estimate of drug-likeness (QED) is 0.815. The predicted molar refractivity (Wildman–Crippen MR) is 69.5 cm³/mol. The standard InChI is InChI=1S/C14H26N2O/c1-6-11-13(17)16(12(15-11)9(2)3)14(4,5)10-7-8-10/h9-12,15H,6-8H2,1-5H3. The number of hydrogen-bond acceptors (Lipinski definition) is 2. The molecule has 98 valence electrons. The zero-order valence-electron chi connectivity index (χ0n) is 11.8. The minimum absolute atomic E-state index is 0.0168. The van der Waals surface area contributed by atoms with Crippen molar-refractivity contribution in [2.45, 2.75) is 71.6 Å². The number of amides is 1. The second-order valence-electron chi connectivity index (χ2n) is 6.45. The van der Waals surface area contributed by atoms with Gasteiger partial charge in [-0.05, 0) is 44.9 Å². The van der Waals surface area contributed by atoms with Crippen LogP contribution in [0.25, 0.3) is 0 Å². The van der Waals surface area contributed by atoms with Crippen molar-refractivity contribution in [1.29, 1.82) is 0 Å². The molecule has 1 amide bonds. The van der Waals surface area contributed by atoms with E-state index >= 15 is 0 Å². The highest BCUT2D eigenvalue weighted by atomic mass is 16.2. The summed E-state index contributed by atoms with van der Waals surface area (Å²) in [6.07, 6.45) is 3.65. The van der Waals surface area contributed by atoms with Crippen molar-refractivity contribution in [3.63, 3.8) is 0 Å². The number of nitrogens with zero attached hydrogens (tertiary/aromatic N) is 1. The monoisotopic (exact) mass is 238 g/mol. The summed E-state index contributed by atoms with van der Waals surface area (Å²) in [6, 6.07) is 0.0282. The van der Waals surface area contributed by atoms with E-state index in [2.05, 4.69) is 44.8 Å². The van der Waals surface area contributed by atoms with Crippen molar-refractivity contribution in [2.24, 2.45) is 11.8 Å². The van der Waals surface area contributed by atoms with Crippen molar-refractivity contribution in [1.82, 2.24) is 10.2 Å². The van der Waals surface area contributed by atoms with E-state index in [1.54, 1.807) is 0 Å². The molecule has 17 heavy (non-hydrogen) atoms. The van der Waals surface area contributed by atoms with Gasteiger partial charge in [0.25, 0.3) is 0 Å². The molecule has 2 rings (SSSR count). The Labute approximate surface area is 105 Å². The molecule has 1 heterocycles. The number of hydrogen-bond donors (Lipinski definition) is 1. The van der Waals surface area contributed by atoms with E-state index in [1.807, 2.05) is 0 Å². The molecule has 0 radical (unpaired) electrons. The van der Waals surface area contributed by atoms with Gasteiger partial charge in [0, 0.05) is 5.54 Å². The maximum Gasteiger partial charge on any atom is 0.241 e. The third-order valence-electron chi connectivity index (χ3n) is 4.42. The normalized spacial score (nSPS) is 30.5. The van der Waals surface area contributed by atoms with Crippen molar-refractivity contribution < 1.29 is 4.79 Å². The first kappa shape index (κ1) is 12.9. The zero-order chi connectivity index (χ0) is 12.8. The van der Waals surface area contributed by atoms with E-state index in [4.69, 9.17) is 0 Å². The molecule has 2 unspecified atom stereocenters. The van der Waals surface area contributed by atoms with Crippen LogP contribution in [0, 0.1) is 11.8 Å². The number of carbonyl (C=O) groups is 1. The van der Waals surface area contributed by atoms with E-state index in [0.717, 1.165) is 6.42 Å². The summed E-state index contributed by atoms with van der Waals surface area (Å²) >= 11 is 0. The SMILES string of the molecule is CCC1NC(C(C)C)N(C(C)(C)C2CC2)C1=O. The molecule has 0 aromatic rings. The molecular weight excluding hydrogens is 212 g/mol. The van der Waals surface area contributed by atoms with Crippen LogP contribution in [0.4, 0.5) is 0 Å². The highest BCUT2D eigenvalue weighted by Crippen LogP contribution is 2.45. The fraction of sp³-hybridized carbons (Fsp3) is 0.929. The Morgan fingerprint density at radius 1 is 1.41 bits per heavy atom. The third-order valence-corrected chi connectivity index (χ3v) is 4.42. The van der Waals surface area contributed by atoms with Crippen molar-refractivity contribution >= 4 is 5.91 Å². The average Bonchev–Trinajstić information content (AvgIpc) is 3.02. The molecule has 1 saturated heterocycles. The third kappa shape index (κ3) is 2.10. The summed E-state index contributed by atoms with van der Waals surface area (Å²) in [5.74, 6) is 1.47. The topological polar surface area (TPSA) is 32.3 Å². The van der Waals surface area contributed by atoms with Gasteiger partial charge in [-0.3, -0.25) is 10.1 Å². The first-order valence-corrected chi connectivity index (χ1v) is 6.98. The van der Waals surface area contributed by atoms with Crippen molar-refractivity contribution in [2.75, 3.05) is 0 Å². The van der Waals surface area contributed by atoms with E-state index in [9.17, 15) is 4.79 Å². The lowest BCUT2D eigenvalue weighted by Gasteiger charge is -2.41. The van der Waals surface area contributed by atoms with Crippen LogP contribution in [0.5, 0.6) is 0 Å². The molecule has 1 saturated carbocycles. The molecule has 0 spiro atoms. The second-order valence-corrected chi connectivity index (χ2v) is 6.45. The number of rotatable bonds is 4. The van der Waals surface area contributed by atoms with E-state index in [0.29, 0.717) is 17.7 Å². The van der Waals surface area contributed by atoms with Gasteiger partial charge in [-0.15, -0.1) is 0 Å². The molecule has 2 fully saturated rings. The van der Waals surface area contributed by atoms with Crippen LogP contribution in [0.3, 0.4) is 0 Å². The Bertz CT molecular complexity index is 307. The molecule has 1 aliphatic heterocycles. The van der Waals surface area contributed by atoms with Crippen LogP contribution in [0.2, 0.25) is 0 Å². The summed E-state index contributed by atoms with van der Waals surface area (Å²) in [5.41, 5.74) is 0.0168. The second kappa shape index (κ2) is 4.27. The summed E-state index contributed by atoms with van der Waals surface area (Å²) in [4.78, 5) is 14.6. The van der Waals surface area contributed by atoms with Gasteiger partial charge in [-0.25, -0.2) is 0 Å². The van der Waals surface area contributed by atoms with Crippen LogP contribution >= 0.6 is 0 Å². The Balaban J connectivity index is 2.24. The van der Waals surface area contributed by atoms with E-state index < -0.39 is 0 Å². The fourth-order valence-electron chi connectivity index (χ4n) is 3.07. The molecule has 1 N–H and O–H groups in total. The Morgan fingerprint density at radius 2 is 2.00 bits per heavy atom. The minimum Gasteiger partial charge on any atom is -0.320 e. The maximum atomic E-state index is 12.5. The predicted octanol–water partition coefficient (Wildman–Crippen LogP) is 2.37. The Kier molecular flexibility index (Phi) is 3.23. The molecule has 2 aliphatic rings. The van der Waals surface area contributed by atoms with Gasteiger partial charge in [0.15, 0.2) is 0 Å². The lowest BCUT2D eigenvalue weighted by atomic mass is 9.93. The van der Waals surface area contributed by atoms with Crippen molar-refractivity contribution in [3.8, 4) is 0 Å². The summed E-state index contributed by atoms with van der Waals surface area (Å²) in [7, 11) is 0. The first-order chi connectivity index (χ1) is 7.89. The van der Waals surface area contributed by atoms with Crippen LogP contribution in [0.15, 0.2) is 0 Å². The van der Waals surface area contributed by atoms with Crippen LogP contribution < -0.4 is 5.32 Å². The van der Waals surface area contributed by atoms with Gasteiger partial charge in [0.2, 0.25) is 5.91 Å². The van der Waals surface area contributed by atoms with Gasteiger partial charge in [-0.2, -0.15) is 0 Å². The first-order valence-electron chi connectivity index (χ1n) is 6.98. The Morgan fingerprint density at radius 3 is 2.41 bits per heavy atom. The highest BCUT2D eigenvalue weighted by Gasteiger charge is 2.51.